The van der Waals surface area contributed by atoms with E-state index in [1.807, 2.05) is 43.4 Å². The SMILES string of the molecule is COC(=O)c1c(C[NH2+][C@@H](C)c2ccc(F)cc2F)nc2ccccc2c1C. The second-order valence-electron chi connectivity index (χ2n) is 6.46. The summed E-state index contributed by atoms with van der Waals surface area (Å²) in [5, 5.41) is 2.75. The van der Waals surface area contributed by atoms with Crippen LogP contribution < -0.4 is 5.32 Å². The lowest BCUT2D eigenvalue weighted by atomic mass is 10.0. The molecule has 2 aromatic carbocycles. The fourth-order valence-electron chi connectivity index (χ4n) is 3.25. The summed E-state index contributed by atoms with van der Waals surface area (Å²) in [6.07, 6.45) is 0. The van der Waals surface area contributed by atoms with E-state index in [-0.39, 0.29) is 6.04 Å². The molecular weight excluding hydrogens is 350 g/mol. The van der Waals surface area contributed by atoms with Crippen molar-refractivity contribution in [1.82, 2.24) is 4.98 Å². The van der Waals surface area contributed by atoms with Crippen LogP contribution in [0.1, 0.15) is 40.1 Å². The molecule has 0 bridgehead atoms. The van der Waals surface area contributed by atoms with Crippen LogP contribution in [0.2, 0.25) is 0 Å². The van der Waals surface area contributed by atoms with Gasteiger partial charge in [0.15, 0.2) is 0 Å². The quantitative estimate of drug-likeness (QED) is 0.699. The standard InChI is InChI=1S/C21H20F2N2O2/c1-12-15-6-4-5-7-18(15)25-19(20(12)21(26)27-3)11-24-13(2)16-9-8-14(22)10-17(16)23/h4-10,13,24H,11H2,1-3H3/p+1/t13-/m0/s1. The van der Waals surface area contributed by atoms with Crippen LogP contribution in [-0.2, 0) is 11.3 Å². The van der Waals surface area contributed by atoms with Crippen LogP contribution in [0.3, 0.4) is 0 Å². The van der Waals surface area contributed by atoms with E-state index in [9.17, 15) is 13.6 Å². The van der Waals surface area contributed by atoms with E-state index in [0.29, 0.717) is 23.4 Å². The van der Waals surface area contributed by atoms with E-state index >= 15 is 0 Å². The molecule has 0 radical (unpaired) electrons. The van der Waals surface area contributed by atoms with Gasteiger partial charge < -0.3 is 10.1 Å². The number of pyridine rings is 1. The Balaban J connectivity index is 1.94. The van der Waals surface area contributed by atoms with Crippen LogP contribution in [0.4, 0.5) is 8.78 Å². The molecule has 0 amide bonds. The molecule has 0 saturated carbocycles. The lowest BCUT2D eigenvalue weighted by molar-refractivity contribution is -0.708. The van der Waals surface area contributed by atoms with Crippen molar-refractivity contribution in [2.75, 3.05) is 7.11 Å². The third kappa shape index (κ3) is 3.80. The van der Waals surface area contributed by atoms with Crippen LogP contribution in [-0.4, -0.2) is 18.1 Å². The second-order valence-corrected chi connectivity index (χ2v) is 6.46. The first-order valence-corrected chi connectivity index (χ1v) is 8.67. The summed E-state index contributed by atoms with van der Waals surface area (Å²) in [6, 6.07) is 10.8. The lowest BCUT2D eigenvalue weighted by Gasteiger charge is -2.15. The largest absolute Gasteiger partial charge is 0.465 e. The first-order valence-electron chi connectivity index (χ1n) is 8.67. The molecule has 27 heavy (non-hydrogen) atoms. The zero-order chi connectivity index (χ0) is 19.6. The van der Waals surface area contributed by atoms with E-state index in [2.05, 4.69) is 4.98 Å². The molecule has 1 aromatic heterocycles. The fraction of sp³-hybridized carbons (Fsp3) is 0.238. The molecular formula is C21H21F2N2O2+. The Kier molecular flexibility index (Phi) is 5.46. The molecule has 0 aliphatic heterocycles. The number of para-hydroxylation sites is 1. The number of aryl methyl sites for hydroxylation is 1. The number of carbonyl (C=O) groups excluding carboxylic acids is 1. The number of aromatic nitrogens is 1. The Morgan fingerprint density at radius 1 is 1.22 bits per heavy atom. The summed E-state index contributed by atoms with van der Waals surface area (Å²) in [7, 11) is 1.33. The van der Waals surface area contributed by atoms with E-state index in [4.69, 9.17) is 4.74 Å². The minimum Gasteiger partial charge on any atom is -0.465 e. The number of rotatable bonds is 5. The molecule has 3 rings (SSSR count). The van der Waals surface area contributed by atoms with Gasteiger partial charge in [0, 0.05) is 17.0 Å². The molecule has 0 fully saturated rings. The zero-order valence-electron chi connectivity index (χ0n) is 15.4. The second kappa shape index (κ2) is 7.80. The average molecular weight is 371 g/mol. The summed E-state index contributed by atoms with van der Waals surface area (Å²) in [4.78, 5) is 16.9. The number of ether oxygens (including phenoxy) is 1. The van der Waals surface area contributed by atoms with Gasteiger partial charge in [0.2, 0.25) is 0 Å². The van der Waals surface area contributed by atoms with Crippen molar-refractivity contribution in [3.8, 4) is 0 Å². The van der Waals surface area contributed by atoms with Crippen LogP contribution in [0.15, 0.2) is 42.5 Å². The van der Waals surface area contributed by atoms with Crippen molar-refractivity contribution in [2.45, 2.75) is 26.4 Å². The first-order chi connectivity index (χ1) is 12.9. The maximum atomic E-state index is 14.0. The zero-order valence-corrected chi connectivity index (χ0v) is 15.4. The normalized spacial score (nSPS) is 12.2. The number of quaternary nitrogens is 1. The third-order valence-electron chi connectivity index (χ3n) is 4.73. The molecule has 4 nitrogen and oxygen atoms in total. The summed E-state index contributed by atoms with van der Waals surface area (Å²) in [5.41, 5.74) is 2.99. The van der Waals surface area contributed by atoms with Crippen LogP contribution in [0, 0.1) is 18.6 Å². The number of benzene rings is 2. The maximum Gasteiger partial charge on any atom is 0.340 e. The topological polar surface area (TPSA) is 55.8 Å². The van der Waals surface area contributed by atoms with Gasteiger partial charge in [0.25, 0.3) is 0 Å². The number of carbonyl (C=O) groups is 1. The number of nitrogens with two attached hydrogens (primary N) is 1. The number of methoxy groups -OCH3 is 1. The Morgan fingerprint density at radius 2 is 1.96 bits per heavy atom. The number of halogens is 2. The van der Waals surface area contributed by atoms with E-state index in [1.54, 1.807) is 0 Å². The number of fused-ring (bicyclic) bond motifs is 1. The molecule has 0 aliphatic rings. The molecule has 3 aromatic rings. The van der Waals surface area contributed by atoms with Gasteiger partial charge in [-0.1, -0.05) is 18.2 Å². The summed E-state index contributed by atoms with van der Waals surface area (Å²) in [6.45, 7) is 4.04. The van der Waals surface area contributed by atoms with Crippen molar-refractivity contribution in [3.05, 3.63) is 76.5 Å². The first kappa shape index (κ1) is 18.9. The Bertz CT molecular complexity index is 1000. The van der Waals surface area contributed by atoms with Crippen LogP contribution in [0.25, 0.3) is 10.9 Å². The molecule has 0 spiro atoms. The Labute approximate surface area is 156 Å². The predicted octanol–water partition coefficient (Wildman–Crippen LogP) is 3.43. The van der Waals surface area contributed by atoms with Gasteiger partial charge in [0.05, 0.1) is 18.2 Å². The highest BCUT2D eigenvalue weighted by Gasteiger charge is 2.22. The van der Waals surface area contributed by atoms with Crippen molar-refractivity contribution in [2.24, 2.45) is 0 Å². The molecule has 1 atom stereocenters. The van der Waals surface area contributed by atoms with E-state index in [0.717, 1.165) is 22.5 Å². The summed E-state index contributed by atoms with van der Waals surface area (Å²) < 4.78 is 32.1. The molecule has 0 saturated heterocycles. The van der Waals surface area contributed by atoms with Gasteiger partial charge in [-0.25, -0.2) is 18.6 Å². The molecule has 6 heteroatoms. The average Bonchev–Trinajstić information content (AvgIpc) is 2.65. The van der Waals surface area contributed by atoms with E-state index < -0.39 is 17.6 Å². The summed E-state index contributed by atoms with van der Waals surface area (Å²) >= 11 is 0. The van der Waals surface area contributed by atoms with Crippen LogP contribution >= 0.6 is 0 Å². The molecule has 0 unspecified atom stereocenters. The lowest BCUT2D eigenvalue weighted by Crippen LogP contribution is -2.83. The highest BCUT2D eigenvalue weighted by Crippen LogP contribution is 2.23. The van der Waals surface area contributed by atoms with Gasteiger partial charge in [-0.15, -0.1) is 0 Å². The number of nitrogens with zero attached hydrogens (tertiary/aromatic N) is 1. The molecule has 2 N–H and O–H groups in total. The number of hydrogen-bond donors (Lipinski definition) is 1. The highest BCUT2D eigenvalue weighted by molar-refractivity contribution is 5.98. The molecule has 140 valence electrons. The Morgan fingerprint density at radius 3 is 2.67 bits per heavy atom. The van der Waals surface area contributed by atoms with Gasteiger partial charge in [-0.05, 0) is 37.6 Å². The summed E-state index contributed by atoms with van der Waals surface area (Å²) in [5.74, 6) is -1.65. The fourth-order valence-corrected chi connectivity index (χ4v) is 3.25. The molecule has 0 aliphatic carbocycles. The van der Waals surface area contributed by atoms with Gasteiger partial charge in [0.1, 0.15) is 29.9 Å². The van der Waals surface area contributed by atoms with Gasteiger partial charge >= 0.3 is 5.97 Å². The maximum absolute atomic E-state index is 14.0. The van der Waals surface area contributed by atoms with Crippen molar-refractivity contribution < 1.29 is 23.6 Å². The van der Waals surface area contributed by atoms with Crippen LogP contribution in [0.5, 0.6) is 0 Å². The predicted molar refractivity (Wildman–Crippen MR) is 98.2 cm³/mol. The smallest absolute Gasteiger partial charge is 0.340 e. The number of hydrogen-bond acceptors (Lipinski definition) is 3. The number of esters is 1. The molecule has 1 heterocycles. The Hall–Kier alpha value is -2.86. The van der Waals surface area contributed by atoms with E-state index in [1.165, 1.54) is 19.2 Å². The van der Waals surface area contributed by atoms with Gasteiger partial charge in [-0.3, -0.25) is 0 Å². The van der Waals surface area contributed by atoms with Crippen molar-refractivity contribution >= 4 is 16.9 Å². The minimum atomic E-state index is -0.608. The third-order valence-corrected chi connectivity index (χ3v) is 4.73. The minimum absolute atomic E-state index is 0.273. The van der Waals surface area contributed by atoms with Crippen molar-refractivity contribution in [1.29, 1.82) is 0 Å². The monoisotopic (exact) mass is 371 g/mol. The van der Waals surface area contributed by atoms with Crippen molar-refractivity contribution in [3.63, 3.8) is 0 Å². The van der Waals surface area contributed by atoms with Gasteiger partial charge in [-0.2, -0.15) is 0 Å². The highest BCUT2D eigenvalue weighted by atomic mass is 19.1.